The molecule has 0 saturated heterocycles. The molecule has 13 rings (SSSR count). The van der Waals surface area contributed by atoms with Crippen LogP contribution in [0.15, 0.2) is 207 Å². The third-order valence-corrected chi connectivity index (χ3v) is 13.4. The molecular formula is C56H34N6S. The number of rotatable bonds is 6. The molecule has 0 bridgehead atoms. The highest BCUT2D eigenvalue weighted by molar-refractivity contribution is 7.25. The van der Waals surface area contributed by atoms with Crippen LogP contribution >= 0.6 is 11.3 Å². The van der Waals surface area contributed by atoms with E-state index in [-0.39, 0.29) is 0 Å². The third-order valence-electron chi connectivity index (χ3n) is 12.3. The normalized spacial score (nSPS) is 11.8. The number of aromatic nitrogens is 6. The summed E-state index contributed by atoms with van der Waals surface area (Å²) in [6, 6.07) is 66.6. The van der Waals surface area contributed by atoms with E-state index in [1.54, 1.807) is 11.3 Å². The minimum Gasteiger partial charge on any atom is -0.309 e. The summed E-state index contributed by atoms with van der Waals surface area (Å²) in [7, 11) is 0. The Morgan fingerprint density at radius 2 is 0.937 bits per heavy atom. The predicted octanol–water partition coefficient (Wildman–Crippen LogP) is 14.5. The molecular weight excluding hydrogens is 789 g/mol. The first-order valence-corrected chi connectivity index (χ1v) is 21.8. The largest absolute Gasteiger partial charge is 0.309 e. The van der Waals surface area contributed by atoms with Gasteiger partial charge >= 0.3 is 0 Å². The number of pyridine rings is 2. The zero-order chi connectivity index (χ0) is 41.4. The Kier molecular flexibility index (Phi) is 7.98. The third kappa shape index (κ3) is 5.78. The number of para-hydroxylation sites is 2. The van der Waals surface area contributed by atoms with E-state index in [0.717, 1.165) is 83.3 Å². The van der Waals surface area contributed by atoms with Gasteiger partial charge in [-0.3, -0.25) is 14.5 Å². The summed E-state index contributed by atoms with van der Waals surface area (Å²) >= 11 is 1.79. The molecule has 0 aliphatic heterocycles. The molecule has 0 unspecified atom stereocenters. The van der Waals surface area contributed by atoms with Gasteiger partial charge in [-0.15, -0.1) is 11.3 Å². The summed E-state index contributed by atoms with van der Waals surface area (Å²) in [5.74, 6) is 0.632. The maximum Gasteiger partial charge on any atom is 0.235 e. The monoisotopic (exact) mass is 822 g/mol. The van der Waals surface area contributed by atoms with Gasteiger partial charge in [0, 0.05) is 78.2 Å². The summed E-state index contributed by atoms with van der Waals surface area (Å²) in [4.78, 5) is 20.0. The van der Waals surface area contributed by atoms with Crippen molar-refractivity contribution in [3.63, 3.8) is 0 Å². The van der Waals surface area contributed by atoms with Crippen LogP contribution in [0.2, 0.25) is 0 Å². The molecule has 0 spiro atoms. The summed E-state index contributed by atoms with van der Waals surface area (Å²) in [5, 5.41) is 5.86. The van der Waals surface area contributed by atoms with Crippen LogP contribution in [-0.4, -0.2) is 29.1 Å². The highest BCUT2D eigenvalue weighted by Crippen LogP contribution is 2.40. The molecule has 0 N–H and O–H groups in total. The average Bonchev–Trinajstić information content (AvgIpc) is 4.01. The van der Waals surface area contributed by atoms with Crippen LogP contribution in [0.4, 0.5) is 0 Å². The Balaban J connectivity index is 0.920. The van der Waals surface area contributed by atoms with Crippen molar-refractivity contribution in [2.24, 2.45) is 0 Å². The fourth-order valence-corrected chi connectivity index (χ4v) is 10.4. The Bertz CT molecular complexity index is 3860. The lowest BCUT2D eigenvalue weighted by molar-refractivity contribution is 0.995. The molecule has 6 aromatic heterocycles. The van der Waals surface area contributed by atoms with Crippen LogP contribution in [-0.2, 0) is 0 Å². The van der Waals surface area contributed by atoms with Crippen LogP contribution in [0.25, 0.3) is 120 Å². The quantitative estimate of drug-likeness (QED) is 0.168. The van der Waals surface area contributed by atoms with Crippen molar-refractivity contribution in [2.45, 2.75) is 0 Å². The lowest BCUT2D eigenvalue weighted by atomic mass is 9.99. The first-order chi connectivity index (χ1) is 31.2. The molecule has 0 amide bonds. The van der Waals surface area contributed by atoms with Gasteiger partial charge in [-0.05, 0) is 90.0 Å². The van der Waals surface area contributed by atoms with Gasteiger partial charge in [-0.2, -0.15) is 0 Å². The number of hydrogen-bond donors (Lipinski definition) is 0. The van der Waals surface area contributed by atoms with Crippen LogP contribution < -0.4 is 0 Å². The SMILES string of the molecule is c1ccc(-c2cc(-c3ccccc3)nc(-n3c4ccccc4c4cc(-c5cncc(-c6ccc7c(c6)c6ccccc6n7-c6ccc7sc8cccnc8c7c6)c5)ccc43)n2)cc1. The van der Waals surface area contributed by atoms with Crippen molar-refractivity contribution in [3.05, 3.63) is 207 Å². The van der Waals surface area contributed by atoms with Gasteiger partial charge in [0.05, 0.1) is 43.7 Å². The number of thiophene rings is 1. The van der Waals surface area contributed by atoms with Gasteiger partial charge < -0.3 is 4.57 Å². The van der Waals surface area contributed by atoms with E-state index >= 15 is 0 Å². The highest BCUT2D eigenvalue weighted by atomic mass is 32.1. The van der Waals surface area contributed by atoms with Crippen LogP contribution in [0.1, 0.15) is 0 Å². The Labute approximate surface area is 365 Å². The Hall–Kier alpha value is -8.26. The van der Waals surface area contributed by atoms with Crippen molar-refractivity contribution >= 4 is 75.3 Å². The second-order valence-electron chi connectivity index (χ2n) is 15.9. The first kappa shape index (κ1) is 35.5. The molecule has 6 heterocycles. The lowest BCUT2D eigenvalue weighted by Crippen LogP contribution is -2.03. The molecule has 63 heavy (non-hydrogen) atoms. The molecule has 7 aromatic carbocycles. The molecule has 0 aliphatic rings. The van der Waals surface area contributed by atoms with Crippen LogP contribution in [0, 0.1) is 0 Å². The molecule has 7 heteroatoms. The zero-order valence-corrected chi connectivity index (χ0v) is 34.5. The molecule has 0 atom stereocenters. The predicted molar refractivity (Wildman–Crippen MR) is 261 cm³/mol. The second kappa shape index (κ2) is 14.2. The van der Waals surface area contributed by atoms with Gasteiger partial charge in [0.1, 0.15) is 0 Å². The van der Waals surface area contributed by atoms with Gasteiger partial charge in [-0.1, -0.05) is 109 Å². The van der Waals surface area contributed by atoms with Crippen LogP contribution in [0.5, 0.6) is 0 Å². The molecule has 0 aliphatic carbocycles. The Morgan fingerprint density at radius 1 is 0.365 bits per heavy atom. The molecule has 0 radical (unpaired) electrons. The topological polar surface area (TPSA) is 61.4 Å². The number of hydrogen-bond acceptors (Lipinski definition) is 5. The molecule has 0 fully saturated rings. The van der Waals surface area contributed by atoms with E-state index in [9.17, 15) is 0 Å². The maximum absolute atomic E-state index is 5.22. The van der Waals surface area contributed by atoms with Crippen LogP contribution in [0.3, 0.4) is 0 Å². The van der Waals surface area contributed by atoms with Crippen molar-refractivity contribution in [2.75, 3.05) is 0 Å². The smallest absolute Gasteiger partial charge is 0.235 e. The van der Waals surface area contributed by atoms with E-state index in [1.807, 2.05) is 36.8 Å². The fraction of sp³-hybridized carbons (Fsp3) is 0. The lowest BCUT2D eigenvalue weighted by Gasteiger charge is -2.12. The van der Waals surface area contributed by atoms with E-state index in [2.05, 4.69) is 179 Å². The minimum atomic E-state index is 0.632. The van der Waals surface area contributed by atoms with Gasteiger partial charge in [0.2, 0.25) is 5.95 Å². The average molecular weight is 823 g/mol. The second-order valence-corrected chi connectivity index (χ2v) is 17.0. The number of fused-ring (bicyclic) bond motifs is 9. The molecule has 6 nitrogen and oxygen atoms in total. The summed E-state index contributed by atoms with van der Waals surface area (Å²) in [6.45, 7) is 0. The van der Waals surface area contributed by atoms with Gasteiger partial charge in [-0.25, -0.2) is 9.97 Å². The fourth-order valence-electron chi connectivity index (χ4n) is 9.33. The summed E-state index contributed by atoms with van der Waals surface area (Å²) in [6.07, 6.45) is 5.82. The number of benzene rings is 7. The van der Waals surface area contributed by atoms with Crippen molar-refractivity contribution in [3.8, 4) is 56.4 Å². The minimum absolute atomic E-state index is 0.632. The maximum atomic E-state index is 5.22. The van der Waals surface area contributed by atoms with Gasteiger partial charge in [0.25, 0.3) is 0 Å². The molecule has 13 aromatic rings. The van der Waals surface area contributed by atoms with Crippen molar-refractivity contribution < 1.29 is 0 Å². The zero-order valence-electron chi connectivity index (χ0n) is 33.7. The Morgan fingerprint density at radius 3 is 1.59 bits per heavy atom. The molecule has 0 saturated carbocycles. The van der Waals surface area contributed by atoms with Crippen molar-refractivity contribution in [1.29, 1.82) is 0 Å². The summed E-state index contributed by atoms with van der Waals surface area (Å²) < 4.78 is 7.03. The first-order valence-electron chi connectivity index (χ1n) is 21.0. The molecule has 294 valence electrons. The number of nitrogens with zero attached hydrogens (tertiary/aromatic N) is 6. The van der Waals surface area contributed by atoms with Crippen molar-refractivity contribution in [1.82, 2.24) is 29.1 Å². The van der Waals surface area contributed by atoms with E-state index < -0.39 is 0 Å². The van der Waals surface area contributed by atoms with Gasteiger partial charge in [0.15, 0.2) is 0 Å². The van der Waals surface area contributed by atoms with E-state index in [0.29, 0.717) is 5.95 Å². The van der Waals surface area contributed by atoms with E-state index in [4.69, 9.17) is 19.9 Å². The summed E-state index contributed by atoms with van der Waals surface area (Å²) in [5.41, 5.74) is 14.7. The highest BCUT2D eigenvalue weighted by Gasteiger charge is 2.19. The standard InChI is InChI=1S/C56H34N6S/c1-3-12-35(13-4-1)47-32-48(36-14-5-2-6-15-36)60-56(59-47)62-50-19-10-8-17-43(50)45-30-38(22-25-52(45)62)40-28-39(33-57-34-40)37-21-24-51-44(29-37)42-16-7-9-18-49(42)61(51)41-23-26-53-46(31-41)55-54(63-53)20-11-27-58-55/h1-34H. The van der Waals surface area contributed by atoms with E-state index in [1.165, 1.54) is 31.1 Å².